The molecule has 1 aromatic carbocycles. The first kappa shape index (κ1) is 14.3. The van der Waals surface area contributed by atoms with Crippen molar-refractivity contribution in [1.29, 1.82) is 0 Å². The van der Waals surface area contributed by atoms with Gasteiger partial charge >= 0.3 is 0 Å². The van der Waals surface area contributed by atoms with E-state index in [1.165, 1.54) is 0 Å². The monoisotopic (exact) mass is 302 g/mol. The predicted molar refractivity (Wildman–Crippen MR) is 84.2 cm³/mol. The Morgan fingerprint density at radius 3 is 2.52 bits per heavy atom. The molecule has 0 aliphatic heterocycles. The molecule has 4 heteroatoms. The minimum absolute atomic E-state index is 0.00669. The SMILES string of the molecule is CC(C)(C)c1ccccc1Oc1cc(Cl)nc(C2CC2)n1. The number of para-hydroxylation sites is 1. The predicted octanol–water partition coefficient (Wildman–Crippen LogP) is 5.10. The third kappa shape index (κ3) is 3.35. The van der Waals surface area contributed by atoms with Crippen LogP contribution in [0.5, 0.6) is 11.6 Å². The number of rotatable bonds is 3. The lowest BCUT2D eigenvalue weighted by atomic mass is 9.86. The first-order valence-corrected chi connectivity index (χ1v) is 7.63. The van der Waals surface area contributed by atoms with Crippen molar-refractivity contribution in [2.24, 2.45) is 0 Å². The van der Waals surface area contributed by atoms with Crippen molar-refractivity contribution in [1.82, 2.24) is 9.97 Å². The minimum atomic E-state index is 0.00669. The van der Waals surface area contributed by atoms with Gasteiger partial charge in [-0.15, -0.1) is 0 Å². The van der Waals surface area contributed by atoms with Crippen molar-refractivity contribution in [2.75, 3.05) is 0 Å². The fraction of sp³-hybridized carbons (Fsp3) is 0.412. The van der Waals surface area contributed by atoms with Crippen LogP contribution < -0.4 is 4.74 Å². The average Bonchev–Trinajstić information content (AvgIpc) is 3.21. The molecule has 0 N–H and O–H groups in total. The summed E-state index contributed by atoms with van der Waals surface area (Å²) < 4.78 is 6.00. The van der Waals surface area contributed by atoms with Gasteiger partial charge in [0.2, 0.25) is 5.88 Å². The molecule has 1 aliphatic rings. The molecular weight excluding hydrogens is 284 g/mol. The van der Waals surface area contributed by atoms with Gasteiger partial charge in [0.1, 0.15) is 16.7 Å². The van der Waals surface area contributed by atoms with Gasteiger partial charge in [0, 0.05) is 17.5 Å². The van der Waals surface area contributed by atoms with Crippen molar-refractivity contribution in [3.8, 4) is 11.6 Å². The highest BCUT2D eigenvalue weighted by molar-refractivity contribution is 6.29. The summed E-state index contributed by atoms with van der Waals surface area (Å²) in [6, 6.07) is 9.71. The number of halogens is 1. The smallest absolute Gasteiger partial charge is 0.224 e. The van der Waals surface area contributed by atoms with Gasteiger partial charge in [-0.05, 0) is 24.3 Å². The van der Waals surface area contributed by atoms with Gasteiger partial charge < -0.3 is 4.74 Å². The molecule has 2 aromatic rings. The molecule has 0 saturated heterocycles. The lowest BCUT2D eigenvalue weighted by molar-refractivity contribution is 0.436. The van der Waals surface area contributed by atoms with E-state index >= 15 is 0 Å². The fourth-order valence-corrected chi connectivity index (χ4v) is 2.46. The molecule has 1 heterocycles. The summed E-state index contributed by atoms with van der Waals surface area (Å²) >= 11 is 6.09. The van der Waals surface area contributed by atoms with E-state index in [4.69, 9.17) is 16.3 Å². The van der Waals surface area contributed by atoms with E-state index in [0.29, 0.717) is 17.0 Å². The molecular formula is C17H19ClN2O. The topological polar surface area (TPSA) is 35.0 Å². The number of benzene rings is 1. The van der Waals surface area contributed by atoms with Crippen LogP contribution in [0.4, 0.5) is 0 Å². The van der Waals surface area contributed by atoms with Crippen molar-refractivity contribution in [3.63, 3.8) is 0 Å². The van der Waals surface area contributed by atoms with Crippen molar-refractivity contribution in [3.05, 3.63) is 46.9 Å². The van der Waals surface area contributed by atoms with Crippen molar-refractivity contribution >= 4 is 11.6 Å². The van der Waals surface area contributed by atoms with Crippen LogP contribution in [0.3, 0.4) is 0 Å². The second kappa shape index (κ2) is 5.30. The van der Waals surface area contributed by atoms with Gasteiger partial charge in [-0.3, -0.25) is 0 Å². The molecule has 0 unspecified atom stereocenters. The second-order valence-corrected chi connectivity index (χ2v) is 6.90. The maximum atomic E-state index is 6.09. The van der Waals surface area contributed by atoms with E-state index in [2.05, 4.69) is 36.8 Å². The van der Waals surface area contributed by atoms with Crippen LogP contribution in [0.15, 0.2) is 30.3 Å². The van der Waals surface area contributed by atoms with Gasteiger partial charge in [-0.1, -0.05) is 50.6 Å². The Morgan fingerprint density at radius 2 is 1.86 bits per heavy atom. The van der Waals surface area contributed by atoms with Crippen LogP contribution in [-0.4, -0.2) is 9.97 Å². The number of aromatic nitrogens is 2. The highest BCUT2D eigenvalue weighted by Crippen LogP contribution is 2.40. The largest absolute Gasteiger partial charge is 0.439 e. The molecule has 0 bridgehead atoms. The Kier molecular flexibility index (Phi) is 3.62. The molecule has 21 heavy (non-hydrogen) atoms. The Morgan fingerprint density at radius 1 is 1.14 bits per heavy atom. The standard InChI is InChI=1S/C17H19ClN2O/c1-17(2,3)12-6-4-5-7-13(12)21-15-10-14(18)19-16(20-15)11-8-9-11/h4-7,10-11H,8-9H2,1-3H3. The molecule has 3 nitrogen and oxygen atoms in total. The molecule has 3 rings (SSSR count). The third-order valence-electron chi connectivity index (χ3n) is 3.54. The number of hydrogen-bond donors (Lipinski definition) is 0. The second-order valence-electron chi connectivity index (χ2n) is 6.51. The first-order valence-electron chi connectivity index (χ1n) is 7.25. The molecule has 1 fully saturated rings. The quantitative estimate of drug-likeness (QED) is 0.740. The zero-order valence-electron chi connectivity index (χ0n) is 12.6. The van der Waals surface area contributed by atoms with Gasteiger partial charge in [-0.25, -0.2) is 4.98 Å². The summed E-state index contributed by atoms with van der Waals surface area (Å²) in [4.78, 5) is 8.78. The lowest BCUT2D eigenvalue weighted by Crippen LogP contribution is -2.12. The van der Waals surface area contributed by atoms with Crippen LogP contribution in [0.25, 0.3) is 0 Å². The highest BCUT2D eigenvalue weighted by Gasteiger charge is 2.28. The zero-order valence-corrected chi connectivity index (χ0v) is 13.3. The van der Waals surface area contributed by atoms with E-state index < -0.39 is 0 Å². The van der Waals surface area contributed by atoms with E-state index in [-0.39, 0.29) is 5.41 Å². The molecule has 1 aromatic heterocycles. The highest BCUT2D eigenvalue weighted by atomic mass is 35.5. The molecule has 1 saturated carbocycles. The summed E-state index contributed by atoms with van der Waals surface area (Å²) in [5, 5.41) is 0.440. The Balaban J connectivity index is 1.94. The van der Waals surface area contributed by atoms with Crippen LogP contribution >= 0.6 is 11.6 Å². The molecule has 0 radical (unpaired) electrons. The first-order chi connectivity index (χ1) is 9.93. The normalized spacial score (nSPS) is 15.0. The van der Waals surface area contributed by atoms with E-state index in [9.17, 15) is 0 Å². The summed E-state index contributed by atoms with van der Waals surface area (Å²) in [5.41, 5.74) is 1.15. The van der Waals surface area contributed by atoms with Crippen molar-refractivity contribution < 1.29 is 4.74 Å². The zero-order chi connectivity index (χ0) is 15.0. The van der Waals surface area contributed by atoms with E-state index in [1.807, 2.05) is 18.2 Å². The lowest BCUT2D eigenvalue weighted by Gasteiger charge is -2.22. The summed E-state index contributed by atoms with van der Waals surface area (Å²) in [7, 11) is 0. The number of ether oxygens (including phenoxy) is 1. The maximum absolute atomic E-state index is 6.09. The number of hydrogen-bond acceptors (Lipinski definition) is 3. The summed E-state index contributed by atoms with van der Waals surface area (Å²) in [6.07, 6.45) is 2.27. The van der Waals surface area contributed by atoms with Gasteiger partial charge in [0.05, 0.1) is 0 Å². The maximum Gasteiger partial charge on any atom is 0.224 e. The van der Waals surface area contributed by atoms with E-state index in [1.54, 1.807) is 6.07 Å². The molecule has 0 spiro atoms. The van der Waals surface area contributed by atoms with Gasteiger partial charge in [0.25, 0.3) is 0 Å². The Bertz CT molecular complexity index is 660. The Labute approximate surface area is 130 Å². The van der Waals surface area contributed by atoms with Crippen LogP contribution in [0.1, 0.15) is 50.9 Å². The molecule has 0 atom stereocenters. The van der Waals surface area contributed by atoms with Crippen LogP contribution in [0.2, 0.25) is 5.15 Å². The summed E-state index contributed by atoms with van der Waals surface area (Å²) in [6.45, 7) is 6.49. The van der Waals surface area contributed by atoms with Crippen molar-refractivity contribution in [2.45, 2.75) is 44.9 Å². The minimum Gasteiger partial charge on any atom is -0.439 e. The number of nitrogens with zero attached hydrogens (tertiary/aromatic N) is 2. The van der Waals surface area contributed by atoms with Gasteiger partial charge in [-0.2, -0.15) is 4.98 Å². The third-order valence-corrected chi connectivity index (χ3v) is 3.73. The molecule has 1 aliphatic carbocycles. The fourth-order valence-electron chi connectivity index (χ4n) is 2.28. The van der Waals surface area contributed by atoms with Gasteiger partial charge in [0.15, 0.2) is 0 Å². The molecule has 0 amide bonds. The molecule has 110 valence electrons. The summed E-state index contributed by atoms with van der Waals surface area (Å²) in [5.74, 6) is 2.59. The average molecular weight is 303 g/mol. The Hall–Kier alpha value is -1.61. The van der Waals surface area contributed by atoms with Crippen LogP contribution in [0, 0.1) is 0 Å². The van der Waals surface area contributed by atoms with Crippen LogP contribution in [-0.2, 0) is 5.41 Å². The van der Waals surface area contributed by atoms with E-state index in [0.717, 1.165) is 30.0 Å².